The first-order valence-electron chi connectivity index (χ1n) is 36.9. The van der Waals surface area contributed by atoms with Gasteiger partial charge in [0.25, 0.3) is 23.3 Å². The van der Waals surface area contributed by atoms with E-state index in [4.69, 9.17) is 66.7 Å². The number of thiazole rings is 3. The van der Waals surface area contributed by atoms with Gasteiger partial charge in [-0.25, -0.2) is 29.3 Å². The molecule has 3 amide bonds. The van der Waals surface area contributed by atoms with Crippen LogP contribution in [0.15, 0.2) is 126 Å². The number of aliphatic hydroxyl groups excluding tert-OH is 3. The molecule has 4 N–H and O–H groups in total. The lowest BCUT2D eigenvalue weighted by molar-refractivity contribution is -0.134. The predicted molar refractivity (Wildman–Crippen MR) is 448 cm³/mol. The number of methoxy groups -OCH3 is 9. The fourth-order valence-corrected chi connectivity index (χ4v) is 16.3. The number of esters is 3. The zero-order valence-electron chi connectivity index (χ0n) is 69.4. The molecular formula is C86H88N6O26S3. The highest BCUT2D eigenvalue weighted by molar-refractivity contribution is 7.18. The fraction of sp³-hybridized carbons (Fsp3) is 0.291. The fourth-order valence-electron chi connectivity index (χ4n) is 13.3. The van der Waals surface area contributed by atoms with Crippen LogP contribution in [0.3, 0.4) is 0 Å². The summed E-state index contributed by atoms with van der Waals surface area (Å²) in [7, 11) is 13.4. The number of carboxylic acid groups (broad SMARTS) is 1. The zero-order chi connectivity index (χ0) is 88.9. The number of ketones is 3. The summed E-state index contributed by atoms with van der Waals surface area (Å²) in [6.45, 7) is 16.9. The summed E-state index contributed by atoms with van der Waals surface area (Å²) in [6, 6.07) is 26.2. The van der Waals surface area contributed by atoms with Crippen molar-refractivity contribution in [1.29, 1.82) is 0 Å². The van der Waals surface area contributed by atoms with Crippen molar-refractivity contribution in [3.8, 4) is 51.7 Å². The molecule has 6 aromatic carbocycles. The van der Waals surface area contributed by atoms with Crippen molar-refractivity contribution in [2.45, 2.75) is 87.4 Å². The lowest BCUT2D eigenvalue weighted by atomic mass is 9.94. The number of aliphatic carboxylic acids is 1. The molecule has 121 heavy (non-hydrogen) atoms. The Kier molecular flexibility index (Phi) is 30.0. The van der Waals surface area contributed by atoms with Gasteiger partial charge in [-0.15, -0.1) is 0 Å². The van der Waals surface area contributed by atoms with Crippen molar-refractivity contribution < 1.29 is 125 Å². The summed E-state index contributed by atoms with van der Waals surface area (Å²) in [4.78, 5) is 145. The first kappa shape index (κ1) is 91.2. The van der Waals surface area contributed by atoms with E-state index in [9.17, 15) is 58.5 Å². The minimum absolute atomic E-state index is 0.0949. The highest BCUT2D eigenvalue weighted by Crippen LogP contribution is 2.52. The Morgan fingerprint density at radius 3 is 0.769 bits per heavy atom. The van der Waals surface area contributed by atoms with Gasteiger partial charge >= 0.3 is 35.6 Å². The number of aliphatic hydroxyl groups is 3. The summed E-state index contributed by atoms with van der Waals surface area (Å²) in [5, 5.41) is 42.1. The van der Waals surface area contributed by atoms with Crippen LogP contribution in [-0.2, 0) is 47.8 Å². The number of carbonyl (C=O) groups excluding carboxylic acids is 9. The first-order chi connectivity index (χ1) is 57.7. The summed E-state index contributed by atoms with van der Waals surface area (Å²) >= 11 is 2.77. The number of hydrogen-bond donors (Lipinski definition) is 4. The third-order valence-electron chi connectivity index (χ3n) is 18.9. The minimum Gasteiger partial charge on any atom is -0.507 e. The van der Waals surface area contributed by atoms with Gasteiger partial charge < -0.3 is 77.3 Å². The minimum atomic E-state index is -1.14. The number of amides is 3. The molecule has 9 aromatic rings. The molecule has 0 radical (unpaired) electrons. The van der Waals surface area contributed by atoms with E-state index < -0.39 is 77.1 Å². The van der Waals surface area contributed by atoms with E-state index in [0.29, 0.717) is 102 Å². The van der Waals surface area contributed by atoms with Gasteiger partial charge in [0.1, 0.15) is 102 Å². The lowest BCUT2D eigenvalue weighted by Gasteiger charge is -2.25. The Balaban J connectivity index is 0.000000202. The summed E-state index contributed by atoms with van der Waals surface area (Å²) in [6.07, 6.45) is 0. The van der Waals surface area contributed by atoms with E-state index in [1.807, 2.05) is 0 Å². The molecule has 12 rings (SSSR count). The van der Waals surface area contributed by atoms with Gasteiger partial charge in [-0.3, -0.25) is 48.3 Å². The van der Waals surface area contributed by atoms with Crippen molar-refractivity contribution in [1.82, 2.24) is 15.0 Å². The number of anilines is 3. The average Bonchev–Trinajstić information content (AvgIpc) is 1.60. The molecule has 0 bridgehead atoms. The SMILES string of the molecule is CC(=O)O.CCOC(=O)c1sc(N2C(=O)C(=O)C(=C(O)c3ccc(OC)c(C)c3)C2c2cc(OC)ccc2OC)nc1C.CCOC(=O)c1sc(N2C(=O)C(=O)C(=C(O)c3ccc(OC)c(C)c3)C2c2cc(OC)ccc2OC)nc1C.CCOC(=O)c1sc(N2C(=O)C(=O)C(=C(O)c3ccc(OC)c(C)c3)C2c2cc(OC)ccc2OC)nc1C. The third-order valence-corrected chi connectivity index (χ3v) is 22.3. The molecule has 32 nitrogen and oxygen atoms in total. The third kappa shape index (κ3) is 18.9. The van der Waals surface area contributed by atoms with E-state index in [0.717, 1.165) is 57.6 Å². The molecule has 35 heteroatoms. The topological polar surface area (TPSA) is 411 Å². The van der Waals surface area contributed by atoms with E-state index in [1.165, 1.54) is 78.7 Å². The number of ether oxygens (including phenoxy) is 12. The molecule has 3 atom stereocenters. The number of Topliss-reactive ketones (excluding diaryl/α,β-unsaturated/α-hetero) is 3. The monoisotopic (exact) mass is 1720 g/mol. The molecule has 0 saturated carbocycles. The van der Waals surface area contributed by atoms with Gasteiger partial charge in [0, 0.05) is 40.3 Å². The van der Waals surface area contributed by atoms with E-state index >= 15 is 0 Å². The molecule has 0 spiro atoms. The van der Waals surface area contributed by atoms with Crippen LogP contribution in [-0.4, -0.2) is 178 Å². The van der Waals surface area contributed by atoms with Gasteiger partial charge in [-0.2, -0.15) is 0 Å². The largest absolute Gasteiger partial charge is 0.507 e. The van der Waals surface area contributed by atoms with Crippen LogP contribution in [0.2, 0.25) is 0 Å². The maximum absolute atomic E-state index is 13.6. The average molecular weight is 1720 g/mol. The summed E-state index contributed by atoms with van der Waals surface area (Å²) in [5.74, 6) is -5.03. The number of carbonyl (C=O) groups is 10. The van der Waals surface area contributed by atoms with Crippen LogP contribution < -0.4 is 57.3 Å². The number of nitrogens with zero attached hydrogens (tertiary/aromatic N) is 6. The smallest absolute Gasteiger partial charge is 0.350 e. The Morgan fingerprint density at radius 1 is 0.347 bits per heavy atom. The molecule has 3 aliphatic heterocycles. The number of aromatic nitrogens is 3. The van der Waals surface area contributed by atoms with Crippen LogP contribution in [0.4, 0.5) is 15.4 Å². The van der Waals surface area contributed by atoms with Crippen LogP contribution in [0.5, 0.6) is 51.7 Å². The predicted octanol–water partition coefficient (Wildman–Crippen LogP) is 13.9. The number of hydrogen-bond acceptors (Lipinski definition) is 31. The normalized spacial score (nSPS) is 16.0. The number of rotatable bonds is 24. The number of carboxylic acids is 1. The molecule has 3 fully saturated rings. The first-order valence-corrected chi connectivity index (χ1v) is 39.3. The van der Waals surface area contributed by atoms with E-state index in [2.05, 4.69) is 15.0 Å². The lowest BCUT2D eigenvalue weighted by Crippen LogP contribution is -2.29. The van der Waals surface area contributed by atoms with Crippen LogP contribution in [0.1, 0.15) is 142 Å². The second-order valence-corrected chi connectivity index (χ2v) is 29.2. The maximum Gasteiger partial charge on any atom is 0.350 e. The summed E-state index contributed by atoms with van der Waals surface area (Å²) in [5.41, 5.74) is 4.82. The van der Waals surface area contributed by atoms with Gasteiger partial charge in [0.05, 0.1) is 118 Å². The van der Waals surface area contributed by atoms with Crippen molar-refractivity contribution in [2.75, 3.05) is 98.5 Å². The second-order valence-electron chi connectivity index (χ2n) is 26.3. The van der Waals surface area contributed by atoms with Crippen molar-refractivity contribution in [3.63, 3.8) is 0 Å². The maximum atomic E-state index is 13.6. The standard InChI is InChI=1S/3C28H28N2O8S.C2H4O2/c3*1-7-38-27(34)25-15(3)29-28(39-25)30-22(18-13-17(35-4)9-11-20(18)37-6)21(24(32)26(30)33)23(31)16-8-10-19(36-5)14(2)12-16;1-2(3)4/h3*8-13,22,31H,7H2,1-6H3;1H3,(H,3,4). The van der Waals surface area contributed by atoms with Gasteiger partial charge in [-0.1, -0.05) is 34.0 Å². The van der Waals surface area contributed by atoms with Crippen LogP contribution >= 0.6 is 34.0 Å². The van der Waals surface area contributed by atoms with Gasteiger partial charge in [-0.05, 0) is 188 Å². The molecule has 3 unspecified atom stereocenters. The van der Waals surface area contributed by atoms with Crippen LogP contribution in [0, 0.1) is 41.5 Å². The highest BCUT2D eigenvalue weighted by Gasteiger charge is 2.53. The molecule has 6 heterocycles. The van der Waals surface area contributed by atoms with Crippen molar-refractivity contribution in [3.05, 3.63) is 208 Å². The van der Waals surface area contributed by atoms with Gasteiger partial charge in [0.2, 0.25) is 0 Å². The van der Waals surface area contributed by atoms with Gasteiger partial charge in [0.15, 0.2) is 15.4 Å². The Morgan fingerprint density at radius 2 is 0.570 bits per heavy atom. The van der Waals surface area contributed by atoms with E-state index in [1.54, 1.807) is 172 Å². The quantitative estimate of drug-likeness (QED) is 0.0143. The van der Waals surface area contributed by atoms with Crippen LogP contribution in [0.25, 0.3) is 17.3 Å². The molecule has 3 saturated heterocycles. The molecule has 636 valence electrons. The number of aryl methyl sites for hydroxylation is 6. The zero-order valence-corrected chi connectivity index (χ0v) is 71.9. The summed E-state index contributed by atoms with van der Waals surface area (Å²) < 4.78 is 64.2. The van der Waals surface area contributed by atoms with Crippen molar-refractivity contribution >= 4 is 126 Å². The Hall–Kier alpha value is -13.7. The van der Waals surface area contributed by atoms with Crippen molar-refractivity contribution in [2.24, 2.45) is 0 Å². The molecule has 3 aliphatic rings. The Labute approximate surface area is 707 Å². The highest BCUT2D eigenvalue weighted by atomic mass is 32.1. The molecule has 0 aliphatic carbocycles. The Bertz CT molecular complexity index is 5120. The second kappa shape index (κ2) is 39.7. The molecular weight excluding hydrogens is 1630 g/mol. The number of benzene rings is 6. The molecule has 3 aromatic heterocycles. The van der Waals surface area contributed by atoms with E-state index in [-0.39, 0.29) is 83.8 Å².